The molecule has 0 fully saturated rings. The van der Waals surface area contributed by atoms with Crippen molar-refractivity contribution in [3.8, 4) is 0 Å². The van der Waals surface area contributed by atoms with Crippen molar-refractivity contribution in [2.75, 3.05) is 13.3 Å². The first kappa shape index (κ1) is 10.4. The van der Waals surface area contributed by atoms with E-state index in [-0.39, 0.29) is 18.7 Å². The van der Waals surface area contributed by atoms with Gasteiger partial charge in [-0.2, -0.15) is 0 Å². The summed E-state index contributed by atoms with van der Waals surface area (Å²) in [4.78, 5) is 10.6. The molecule has 1 unspecified atom stereocenters. The molecule has 0 heterocycles. The monoisotopic (exact) mass is 160 g/mol. The Morgan fingerprint density at radius 2 is 2.36 bits per heavy atom. The lowest BCUT2D eigenvalue weighted by molar-refractivity contribution is -0.120. The maximum atomic E-state index is 10.6. The van der Waals surface area contributed by atoms with Crippen LogP contribution < -0.4 is 11.1 Å². The second-order valence-corrected chi connectivity index (χ2v) is 2.34. The maximum absolute atomic E-state index is 10.6. The van der Waals surface area contributed by atoms with Gasteiger partial charge in [0.25, 0.3) is 0 Å². The quantitative estimate of drug-likeness (QED) is 0.549. The Morgan fingerprint density at radius 3 is 2.73 bits per heavy atom. The van der Waals surface area contributed by atoms with Gasteiger partial charge in [-0.05, 0) is 6.42 Å². The molecule has 1 atom stereocenters. The van der Waals surface area contributed by atoms with Gasteiger partial charge in [0.1, 0.15) is 0 Å². The zero-order valence-corrected chi connectivity index (χ0v) is 7.09. The molecule has 3 N–H and O–H groups in total. The van der Waals surface area contributed by atoms with E-state index in [1.165, 1.54) is 6.92 Å². The molecular weight excluding hydrogens is 144 g/mol. The molecule has 0 aromatic rings. The van der Waals surface area contributed by atoms with Gasteiger partial charge in [-0.25, -0.2) is 0 Å². The molecule has 0 spiro atoms. The molecule has 0 aliphatic heterocycles. The smallest absolute Gasteiger partial charge is 0.217 e. The third kappa shape index (κ3) is 5.82. The van der Waals surface area contributed by atoms with Crippen molar-refractivity contribution in [1.29, 1.82) is 0 Å². The van der Waals surface area contributed by atoms with E-state index >= 15 is 0 Å². The van der Waals surface area contributed by atoms with Crippen molar-refractivity contribution < 1.29 is 9.53 Å². The molecule has 0 saturated heterocycles. The number of rotatable bonds is 5. The zero-order chi connectivity index (χ0) is 8.69. The van der Waals surface area contributed by atoms with E-state index in [4.69, 9.17) is 10.5 Å². The molecule has 4 nitrogen and oxygen atoms in total. The highest BCUT2D eigenvalue weighted by molar-refractivity contribution is 5.73. The maximum Gasteiger partial charge on any atom is 0.217 e. The van der Waals surface area contributed by atoms with Crippen molar-refractivity contribution in [2.45, 2.75) is 26.3 Å². The van der Waals surface area contributed by atoms with Gasteiger partial charge in [-0.15, -0.1) is 0 Å². The predicted molar refractivity (Wildman–Crippen MR) is 42.9 cm³/mol. The van der Waals surface area contributed by atoms with E-state index < -0.39 is 0 Å². The standard InChI is InChI=1S/C7H16N2O2/c1-3-7(4-11-5-8)9-6(2)10/h7H,3-5,8H2,1-2H3,(H,9,10). The largest absolute Gasteiger partial charge is 0.364 e. The van der Waals surface area contributed by atoms with Crippen LogP contribution in [0.4, 0.5) is 0 Å². The van der Waals surface area contributed by atoms with E-state index in [0.717, 1.165) is 6.42 Å². The lowest BCUT2D eigenvalue weighted by atomic mass is 10.2. The van der Waals surface area contributed by atoms with Crippen LogP contribution in [0.25, 0.3) is 0 Å². The Morgan fingerprint density at radius 1 is 1.73 bits per heavy atom. The first-order chi connectivity index (χ1) is 5.20. The summed E-state index contributed by atoms with van der Waals surface area (Å²) in [5.41, 5.74) is 5.13. The van der Waals surface area contributed by atoms with E-state index in [2.05, 4.69) is 5.32 Å². The van der Waals surface area contributed by atoms with Gasteiger partial charge in [0, 0.05) is 6.92 Å². The Labute approximate surface area is 67.1 Å². The van der Waals surface area contributed by atoms with Crippen LogP contribution in [0.1, 0.15) is 20.3 Å². The summed E-state index contributed by atoms with van der Waals surface area (Å²) in [7, 11) is 0. The summed E-state index contributed by atoms with van der Waals surface area (Å²) in [6.45, 7) is 4.17. The van der Waals surface area contributed by atoms with Crippen molar-refractivity contribution in [3.05, 3.63) is 0 Å². The van der Waals surface area contributed by atoms with E-state index in [9.17, 15) is 4.79 Å². The van der Waals surface area contributed by atoms with E-state index in [1.54, 1.807) is 0 Å². The van der Waals surface area contributed by atoms with Crippen LogP contribution in [-0.2, 0) is 9.53 Å². The number of ether oxygens (including phenoxy) is 1. The average Bonchev–Trinajstić information content (AvgIpc) is 1.97. The number of carbonyl (C=O) groups is 1. The summed E-state index contributed by atoms with van der Waals surface area (Å²) in [6, 6.07) is 0.0936. The minimum absolute atomic E-state index is 0.0301. The molecule has 0 bridgehead atoms. The summed E-state index contributed by atoms with van der Waals surface area (Å²) in [5.74, 6) is -0.0301. The van der Waals surface area contributed by atoms with Gasteiger partial charge in [0.05, 0.1) is 19.4 Å². The molecule has 0 aromatic heterocycles. The molecule has 0 rings (SSSR count). The van der Waals surface area contributed by atoms with Crippen LogP contribution in [0.3, 0.4) is 0 Å². The first-order valence-corrected chi connectivity index (χ1v) is 3.75. The van der Waals surface area contributed by atoms with Crippen LogP contribution in [0.5, 0.6) is 0 Å². The number of hydrogen-bond donors (Lipinski definition) is 2. The number of hydrogen-bond acceptors (Lipinski definition) is 3. The van der Waals surface area contributed by atoms with Crippen LogP contribution in [0, 0.1) is 0 Å². The first-order valence-electron chi connectivity index (χ1n) is 3.75. The van der Waals surface area contributed by atoms with E-state index in [1.807, 2.05) is 6.92 Å². The third-order valence-corrected chi connectivity index (χ3v) is 1.34. The molecule has 0 aromatic carbocycles. The number of nitrogens with two attached hydrogens (primary N) is 1. The van der Waals surface area contributed by atoms with Crippen molar-refractivity contribution in [3.63, 3.8) is 0 Å². The van der Waals surface area contributed by atoms with Crippen LogP contribution in [0.15, 0.2) is 0 Å². The van der Waals surface area contributed by atoms with Gasteiger partial charge in [-0.3, -0.25) is 4.79 Å². The molecule has 11 heavy (non-hydrogen) atoms. The van der Waals surface area contributed by atoms with Crippen LogP contribution in [-0.4, -0.2) is 25.3 Å². The van der Waals surface area contributed by atoms with Gasteiger partial charge >= 0.3 is 0 Å². The SMILES string of the molecule is CCC(COCN)NC(C)=O. The van der Waals surface area contributed by atoms with Gasteiger partial charge in [-0.1, -0.05) is 6.92 Å². The summed E-state index contributed by atoms with van der Waals surface area (Å²) < 4.78 is 4.95. The molecule has 66 valence electrons. The fraction of sp³-hybridized carbons (Fsp3) is 0.857. The molecule has 0 radical (unpaired) electrons. The molecule has 0 aliphatic carbocycles. The van der Waals surface area contributed by atoms with Crippen LogP contribution in [0.2, 0.25) is 0 Å². The van der Waals surface area contributed by atoms with Gasteiger partial charge in [0.2, 0.25) is 5.91 Å². The molecule has 4 heteroatoms. The highest BCUT2D eigenvalue weighted by Crippen LogP contribution is 1.90. The number of nitrogens with one attached hydrogen (secondary N) is 1. The topological polar surface area (TPSA) is 64.3 Å². The highest BCUT2D eigenvalue weighted by atomic mass is 16.5. The Hall–Kier alpha value is -0.610. The molecule has 0 saturated carbocycles. The van der Waals surface area contributed by atoms with Gasteiger partial charge in [0.15, 0.2) is 0 Å². The molecule has 0 aliphatic rings. The fourth-order valence-corrected chi connectivity index (χ4v) is 0.759. The van der Waals surface area contributed by atoms with Crippen LogP contribution >= 0.6 is 0 Å². The van der Waals surface area contributed by atoms with Gasteiger partial charge < -0.3 is 15.8 Å². The Kier molecular flexibility index (Phi) is 5.78. The normalized spacial score (nSPS) is 12.6. The highest BCUT2D eigenvalue weighted by Gasteiger charge is 2.05. The minimum Gasteiger partial charge on any atom is -0.364 e. The van der Waals surface area contributed by atoms with Crippen molar-refractivity contribution >= 4 is 5.91 Å². The summed E-state index contributed by atoms with van der Waals surface area (Å²) in [5, 5.41) is 2.74. The minimum atomic E-state index is -0.0301. The Balaban J connectivity index is 3.49. The fourth-order valence-electron chi connectivity index (χ4n) is 0.759. The van der Waals surface area contributed by atoms with Crippen molar-refractivity contribution in [2.24, 2.45) is 5.73 Å². The molecular formula is C7H16N2O2. The Bertz CT molecular complexity index is 117. The third-order valence-electron chi connectivity index (χ3n) is 1.34. The zero-order valence-electron chi connectivity index (χ0n) is 7.09. The predicted octanol–water partition coefficient (Wildman–Crippen LogP) is -0.166. The lowest BCUT2D eigenvalue weighted by Crippen LogP contribution is -2.36. The number of amides is 1. The average molecular weight is 160 g/mol. The summed E-state index contributed by atoms with van der Waals surface area (Å²) >= 11 is 0. The summed E-state index contributed by atoms with van der Waals surface area (Å²) in [6.07, 6.45) is 0.861. The van der Waals surface area contributed by atoms with E-state index in [0.29, 0.717) is 6.61 Å². The lowest BCUT2D eigenvalue weighted by Gasteiger charge is -2.14. The molecule has 1 amide bonds. The second-order valence-electron chi connectivity index (χ2n) is 2.34. The number of carbonyl (C=O) groups excluding carboxylic acids is 1. The van der Waals surface area contributed by atoms with Crippen molar-refractivity contribution in [1.82, 2.24) is 5.32 Å². The second kappa shape index (κ2) is 6.12.